The summed E-state index contributed by atoms with van der Waals surface area (Å²) in [6.07, 6.45) is 4.18. The summed E-state index contributed by atoms with van der Waals surface area (Å²) in [6.45, 7) is 0.399. The lowest BCUT2D eigenvalue weighted by Gasteiger charge is -2.31. The van der Waals surface area contributed by atoms with Gasteiger partial charge in [0, 0.05) is 12.0 Å². The predicted octanol–water partition coefficient (Wildman–Crippen LogP) is 3.45. The Bertz CT molecular complexity index is 761. The summed E-state index contributed by atoms with van der Waals surface area (Å²) in [4.78, 5) is 12.5. The number of rotatable bonds is 6. The molecule has 0 radical (unpaired) electrons. The molecule has 1 fully saturated rings. The molecule has 0 heterocycles. The van der Waals surface area contributed by atoms with Crippen molar-refractivity contribution in [3.63, 3.8) is 0 Å². The van der Waals surface area contributed by atoms with Gasteiger partial charge in [-0.05, 0) is 48.6 Å². The SMILES string of the molecule is Cl.N[C@@H](Cc1ccc(O)cc1)C(=O)NCC1(c2ccccc2F)CCCC1. The lowest BCUT2D eigenvalue weighted by atomic mass is 9.78. The van der Waals surface area contributed by atoms with Gasteiger partial charge in [-0.2, -0.15) is 0 Å². The maximum absolute atomic E-state index is 14.3. The molecule has 146 valence electrons. The second-order valence-electron chi connectivity index (χ2n) is 7.16. The number of phenols is 1. The Balaban J connectivity index is 0.00000261. The zero-order valence-corrected chi connectivity index (χ0v) is 16.0. The van der Waals surface area contributed by atoms with Crippen LogP contribution in [0.25, 0.3) is 0 Å². The van der Waals surface area contributed by atoms with Crippen LogP contribution in [0.2, 0.25) is 0 Å². The number of hydrogen-bond donors (Lipinski definition) is 3. The normalized spacial score (nSPS) is 16.4. The van der Waals surface area contributed by atoms with Crippen molar-refractivity contribution in [1.82, 2.24) is 5.32 Å². The number of halogens is 2. The van der Waals surface area contributed by atoms with Gasteiger partial charge in [-0.1, -0.05) is 43.2 Å². The molecule has 0 unspecified atom stereocenters. The third-order valence-corrected chi connectivity index (χ3v) is 5.34. The van der Waals surface area contributed by atoms with Crippen molar-refractivity contribution in [3.8, 4) is 5.75 Å². The Labute approximate surface area is 165 Å². The highest BCUT2D eigenvalue weighted by Crippen LogP contribution is 2.41. The fourth-order valence-corrected chi connectivity index (χ4v) is 3.85. The molecular weight excluding hydrogens is 367 g/mol. The van der Waals surface area contributed by atoms with Crippen LogP contribution >= 0.6 is 12.4 Å². The van der Waals surface area contributed by atoms with Crippen LogP contribution in [-0.4, -0.2) is 23.6 Å². The zero-order valence-electron chi connectivity index (χ0n) is 15.2. The molecule has 4 N–H and O–H groups in total. The van der Waals surface area contributed by atoms with E-state index in [0.29, 0.717) is 18.5 Å². The van der Waals surface area contributed by atoms with Crippen molar-refractivity contribution in [2.24, 2.45) is 5.73 Å². The average molecular weight is 393 g/mol. The van der Waals surface area contributed by atoms with Gasteiger partial charge in [-0.3, -0.25) is 4.79 Å². The zero-order chi connectivity index (χ0) is 18.6. The van der Waals surface area contributed by atoms with Gasteiger partial charge in [-0.15, -0.1) is 12.4 Å². The van der Waals surface area contributed by atoms with E-state index in [0.717, 1.165) is 31.2 Å². The molecular formula is C21H26ClFN2O2. The lowest BCUT2D eigenvalue weighted by molar-refractivity contribution is -0.122. The fourth-order valence-electron chi connectivity index (χ4n) is 3.85. The first-order valence-electron chi connectivity index (χ1n) is 9.06. The van der Waals surface area contributed by atoms with Crippen molar-refractivity contribution in [1.29, 1.82) is 0 Å². The molecule has 1 aliphatic rings. The molecule has 0 aromatic heterocycles. The smallest absolute Gasteiger partial charge is 0.237 e. The first kappa shape index (κ1) is 21.2. The first-order chi connectivity index (χ1) is 12.5. The molecule has 2 aromatic rings. The number of carbonyl (C=O) groups excluding carboxylic acids is 1. The Kier molecular flexibility index (Phi) is 7.22. The fraction of sp³-hybridized carbons (Fsp3) is 0.381. The van der Waals surface area contributed by atoms with E-state index in [1.807, 2.05) is 12.1 Å². The summed E-state index contributed by atoms with van der Waals surface area (Å²) in [7, 11) is 0. The first-order valence-corrected chi connectivity index (χ1v) is 9.06. The molecule has 2 aromatic carbocycles. The van der Waals surface area contributed by atoms with Crippen molar-refractivity contribution < 1.29 is 14.3 Å². The number of carbonyl (C=O) groups is 1. The maximum atomic E-state index is 14.3. The molecule has 27 heavy (non-hydrogen) atoms. The van der Waals surface area contributed by atoms with Crippen LogP contribution in [0.3, 0.4) is 0 Å². The van der Waals surface area contributed by atoms with E-state index in [2.05, 4.69) is 5.32 Å². The molecule has 3 rings (SSSR count). The third kappa shape index (κ3) is 4.99. The second-order valence-corrected chi connectivity index (χ2v) is 7.16. The van der Waals surface area contributed by atoms with Gasteiger partial charge in [0.25, 0.3) is 0 Å². The Morgan fingerprint density at radius 3 is 2.41 bits per heavy atom. The molecule has 1 amide bonds. The summed E-state index contributed by atoms with van der Waals surface area (Å²) in [5, 5.41) is 12.3. The van der Waals surface area contributed by atoms with Gasteiger partial charge in [0.2, 0.25) is 5.91 Å². The minimum atomic E-state index is -0.682. The predicted molar refractivity (Wildman–Crippen MR) is 107 cm³/mol. The highest BCUT2D eigenvalue weighted by atomic mass is 35.5. The van der Waals surface area contributed by atoms with E-state index in [1.54, 1.807) is 30.3 Å². The molecule has 0 spiro atoms. The van der Waals surface area contributed by atoms with Crippen LogP contribution in [0.1, 0.15) is 36.8 Å². The van der Waals surface area contributed by atoms with E-state index < -0.39 is 6.04 Å². The van der Waals surface area contributed by atoms with Gasteiger partial charge in [-0.25, -0.2) is 4.39 Å². The number of amides is 1. The number of phenolic OH excluding ortho intramolecular Hbond substituents is 1. The summed E-state index contributed by atoms with van der Waals surface area (Å²) >= 11 is 0. The number of benzene rings is 2. The van der Waals surface area contributed by atoms with Crippen LogP contribution in [0.4, 0.5) is 4.39 Å². The largest absolute Gasteiger partial charge is 0.508 e. The molecule has 0 saturated heterocycles. The summed E-state index contributed by atoms with van der Waals surface area (Å²) in [6, 6.07) is 12.8. The molecule has 1 saturated carbocycles. The van der Waals surface area contributed by atoms with Gasteiger partial charge in [0.1, 0.15) is 11.6 Å². The van der Waals surface area contributed by atoms with Gasteiger partial charge in [0.15, 0.2) is 0 Å². The van der Waals surface area contributed by atoms with E-state index >= 15 is 0 Å². The van der Waals surface area contributed by atoms with Crippen LogP contribution in [0.5, 0.6) is 5.75 Å². The minimum Gasteiger partial charge on any atom is -0.508 e. The summed E-state index contributed by atoms with van der Waals surface area (Å²) < 4.78 is 14.3. The number of nitrogens with one attached hydrogen (secondary N) is 1. The van der Waals surface area contributed by atoms with Crippen LogP contribution in [-0.2, 0) is 16.6 Å². The topological polar surface area (TPSA) is 75.3 Å². The Hall–Kier alpha value is -2.11. The van der Waals surface area contributed by atoms with E-state index in [9.17, 15) is 14.3 Å². The standard InChI is InChI=1S/C21H25FN2O2.ClH/c22-18-6-2-1-5-17(18)21(11-3-4-12-21)14-24-20(26)19(23)13-15-7-9-16(25)10-8-15;/h1-2,5-10,19,25H,3-4,11-14,23H2,(H,24,26);1H/t19-;/m0./s1. The van der Waals surface area contributed by atoms with Crippen molar-refractivity contribution in [3.05, 3.63) is 65.5 Å². The van der Waals surface area contributed by atoms with E-state index in [4.69, 9.17) is 5.73 Å². The number of hydrogen-bond acceptors (Lipinski definition) is 3. The van der Waals surface area contributed by atoms with Crippen LogP contribution in [0.15, 0.2) is 48.5 Å². The van der Waals surface area contributed by atoms with Gasteiger partial charge in [0.05, 0.1) is 6.04 Å². The highest BCUT2D eigenvalue weighted by Gasteiger charge is 2.38. The molecule has 0 aliphatic heterocycles. The lowest BCUT2D eigenvalue weighted by Crippen LogP contribution is -2.47. The Morgan fingerprint density at radius 1 is 1.15 bits per heavy atom. The molecule has 1 aliphatic carbocycles. The van der Waals surface area contributed by atoms with Crippen molar-refractivity contribution in [2.75, 3.05) is 6.54 Å². The van der Waals surface area contributed by atoms with Crippen molar-refractivity contribution in [2.45, 2.75) is 43.6 Å². The second kappa shape index (κ2) is 9.20. The molecule has 6 heteroatoms. The summed E-state index contributed by atoms with van der Waals surface area (Å²) in [5.74, 6) is -0.266. The van der Waals surface area contributed by atoms with Gasteiger partial charge >= 0.3 is 0 Å². The third-order valence-electron chi connectivity index (χ3n) is 5.34. The summed E-state index contributed by atoms with van der Waals surface area (Å²) in [5.41, 5.74) is 7.26. The average Bonchev–Trinajstić information content (AvgIpc) is 3.12. The molecule has 1 atom stereocenters. The molecule has 4 nitrogen and oxygen atoms in total. The van der Waals surface area contributed by atoms with E-state index in [-0.39, 0.29) is 35.3 Å². The van der Waals surface area contributed by atoms with Crippen LogP contribution in [0, 0.1) is 5.82 Å². The minimum absolute atomic E-state index is 0. The van der Waals surface area contributed by atoms with Crippen LogP contribution < -0.4 is 11.1 Å². The quantitative estimate of drug-likeness (QED) is 0.704. The van der Waals surface area contributed by atoms with Crippen molar-refractivity contribution >= 4 is 18.3 Å². The monoisotopic (exact) mass is 392 g/mol. The number of nitrogens with two attached hydrogens (primary N) is 1. The van der Waals surface area contributed by atoms with Gasteiger partial charge < -0.3 is 16.2 Å². The molecule has 0 bridgehead atoms. The van der Waals surface area contributed by atoms with E-state index in [1.165, 1.54) is 6.07 Å². The Morgan fingerprint density at radius 2 is 1.78 bits per heavy atom. The number of aromatic hydroxyl groups is 1. The maximum Gasteiger partial charge on any atom is 0.237 e. The highest BCUT2D eigenvalue weighted by molar-refractivity contribution is 5.85.